The van der Waals surface area contributed by atoms with Gasteiger partial charge in [-0.05, 0) is 49.7 Å². The Kier molecular flexibility index (Phi) is 5.96. The number of hydrogen-bond donors (Lipinski definition) is 2. The van der Waals surface area contributed by atoms with Gasteiger partial charge in [0.05, 0.1) is 5.52 Å². The Hall–Kier alpha value is -1.45. The largest absolute Gasteiger partial charge is 0.316 e. The molecule has 20 heavy (non-hydrogen) atoms. The van der Waals surface area contributed by atoms with E-state index in [9.17, 15) is 0 Å². The fraction of sp³-hybridized carbons (Fsp3) is 0.471. The molecule has 108 valence electrons. The van der Waals surface area contributed by atoms with Crippen LogP contribution in [0.25, 0.3) is 10.9 Å². The molecule has 0 atom stereocenters. The standard InChI is InChI=1S/C17H25N3/c1-14(2)12-18-9-5-10-19-13-15-6-3-8-17-16(15)7-4-11-20-17/h3-4,6-8,11,14,18-19H,5,9-10,12-13H2,1-2H3. The smallest absolute Gasteiger partial charge is 0.0705 e. The van der Waals surface area contributed by atoms with Gasteiger partial charge in [-0.2, -0.15) is 0 Å². The fourth-order valence-corrected chi connectivity index (χ4v) is 2.27. The molecule has 2 aromatic rings. The molecular weight excluding hydrogens is 246 g/mol. The van der Waals surface area contributed by atoms with E-state index in [1.165, 1.54) is 10.9 Å². The molecule has 1 aromatic heterocycles. The summed E-state index contributed by atoms with van der Waals surface area (Å²) in [7, 11) is 0. The first-order valence-corrected chi connectivity index (χ1v) is 7.51. The quantitative estimate of drug-likeness (QED) is 0.725. The minimum Gasteiger partial charge on any atom is -0.316 e. The molecule has 3 heteroatoms. The highest BCUT2D eigenvalue weighted by Gasteiger charge is 2.00. The molecule has 2 rings (SSSR count). The SMILES string of the molecule is CC(C)CNCCCNCc1cccc2ncccc12. The van der Waals surface area contributed by atoms with E-state index in [-0.39, 0.29) is 0 Å². The number of fused-ring (bicyclic) bond motifs is 1. The lowest BCUT2D eigenvalue weighted by atomic mass is 10.1. The summed E-state index contributed by atoms with van der Waals surface area (Å²) in [6, 6.07) is 10.5. The van der Waals surface area contributed by atoms with Gasteiger partial charge in [-0.3, -0.25) is 4.98 Å². The first kappa shape index (κ1) is 14.9. The third kappa shape index (κ3) is 4.58. The topological polar surface area (TPSA) is 37.0 Å². The summed E-state index contributed by atoms with van der Waals surface area (Å²) in [4.78, 5) is 4.39. The Bertz CT molecular complexity index is 517. The fourth-order valence-electron chi connectivity index (χ4n) is 2.27. The summed E-state index contributed by atoms with van der Waals surface area (Å²) >= 11 is 0. The number of pyridine rings is 1. The third-order valence-corrected chi connectivity index (χ3v) is 3.31. The predicted molar refractivity (Wildman–Crippen MR) is 85.8 cm³/mol. The van der Waals surface area contributed by atoms with Crippen LogP contribution in [0.2, 0.25) is 0 Å². The summed E-state index contributed by atoms with van der Waals surface area (Å²) in [5, 5.41) is 8.23. The molecule has 1 aromatic carbocycles. The van der Waals surface area contributed by atoms with Gasteiger partial charge >= 0.3 is 0 Å². The van der Waals surface area contributed by atoms with E-state index < -0.39 is 0 Å². The Morgan fingerprint density at radius 2 is 1.90 bits per heavy atom. The van der Waals surface area contributed by atoms with Crippen LogP contribution >= 0.6 is 0 Å². The molecule has 0 aliphatic carbocycles. The van der Waals surface area contributed by atoms with Gasteiger partial charge in [-0.25, -0.2) is 0 Å². The van der Waals surface area contributed by atoms with Gasteiger partial charge in [0.2, 0.25) is 0 Å². The second-order valence-electron chi connectivity index (χ2n) is 5.62. The van der Waals surface area contributed by atoms with E-state index in [1.54, 1.807) is 0 Å². The summed E-state index contributed by atoms with van der Waals surface area (Å²) in [6.07, 6.45) is 3.01. The van der Waals surface area contributed by atoms with E-state index in [2.05, 4.69) is 53.7 Å². The highest BCUT2D eigenvalue weighted by Crippen LogP contribution is 2.15. The number of nitrogens with zero attached hydrogens (tertiary/aromatic N) is 1. The molecule has 1 heterocycles. The van der Waals surface area contributed by atoms with Gasteiger partial charge in [-0.1, -0.05) is 32.0 Å². The molecule has 0 radical (unpaired) electrons. The summed E-state index contributed by atoms with van der Waals surface area (Å²) in [6.45, 7) is 8.62. The maximum atomic E-state index is 4.39. The van der Waals surface area contributed by atoms with Gasteiger partial charge in [0.1, 0.15) is 0 Å². The number of rotatable bonds is 8. The molecule has 0 amide bonds. The maximum absolute atomic E-state index is 4.39. The molecule has 0 fully saturated rings. The molecule has 3 nitrogen and oxygen atoms in total. The lowest BCUT2D eigenvalue weighted by Gasteiger charge is -2.09. The van der Waals surface area contributed by atoms with E-state index in [4.69, 9.17) is 0 Å². The number of aromatic nitrogens is 1. The van der Waals surface area contributed by atoms with Crippen molar-refractivity contribution in [3.63, 3.8) is 0 Å². The van der Waals surface area contributed by atoms with Crippen molar-refractivity contribution in [2.45, 2.75) is 26.8 Å². The molecule has 0 aliphatic rings. The summed E-state index contributed by atoms with van der Waals surface area (Å²) in [5.74, 6) is 0.728. The highest BCUT2D eigenvalue weighted by atomic mass is 14.9. The Morgan fingerprint density at radius 1 is 1.05 bits per heavy atom. The zero-order chi connectivity index (χ0) is 14.2. The van der Waals surface area contributed by atoms with Crippen molar-refractivity contribution in [2.24, 2.45) is 5.92 Å². The maximum Gasteiger partial charge on any atom is 0.0705 e. The Balaban J connectivity index is 1.73. The molecule has 0 saturated carbocycles. The predicted octanol–water partition coefficient (Wildman–Crippen LogP) is 2.96. The van der Waals surface area contributed by atoms with E-state index in [1.807, 2.05) is 12.3 Å². The van der Waals surface area contributed by atoms with Crippen molar-refractivity contribution < 1.29 is 0 Å². The van der Waals surface area contributed by atoms with E-state index in [0.29, 0.717) is 0 Å². The number of hydrogen-bond acceptors (Lipinski definition) is 3. The van der Waals surface area contributed by atoms with Crippen LogP contribution in [-0.4, -0.2) is 24.6 Å². The molecule has 2 N–H and O–H groups in total. The average molecular weight is 271 g/mol. The number of benzene rings is 1. The van der Waals surface area contributed by atoms with Crippen molar-refractivity contribution in [3.05, 3.63) is 42.1 Å². The molecular formula is C17H25N3. The second kappa shape index (κ2) is 7.98. The average Bonchev–Trinajstić information content (AvgIpc) is 2.46. The highest BCUT2D eigenvalue weighted by molar-refractivity contribution is 5.81. The molecule has 0 spiro atoms. The van der Waals surface area contributed by atoms with Crippen molar-refractivity contribution in [1.29, 1.82) is 0 Å². The molecule has 0 saturated heterocycles. The van der Waals surface area contributed by atoms with Crippen molar-refractivity contribution in [3.8, 4) is 0 Å². The lowest BCUT2D eigenvalue weighted by Crippen LogP contribution is -2.24. The molecule has 0 aliphatic heterocycles. The van der Waals surface area contributed by atoms with Crippen LogP contribution < -0.4 is 10.6 Å². The van der Waals surface area contributed by atoms with Crippen LogP contribution in [0, 0.1) is 5.92 Å². The number of nitrogens with one attached hydrogen (secondary N) is 2. The van der Waals surface area contributed by atoms with Gasteiger partial charge in [0.25, 0.3) is 0 Å². The lowest BCUT2D eigenvalue weighted by molar-refractivity contribution is 0.530. The van der Waals surface area contributed by atoms with Gasteiger partial charge in [0.15, 0.2) is 0 Å². The zero-order valence-corrected chi connectivity index (χ0v) is 12.5. The van der Waals surface area contributed by atoms with E-state index >= 15 is 0 Å². The molecule has 0 bridgehead atoms. The van der Waals surface area contributed by atoms with Crippen LogP contribution in [-0.2, 0) is 6.54 Å². The summed E-state index contributed by atoms with van der Waals surface area (Å²) in [5.41, 5.74) is 2.40. The molecule has 0 unspecified atom stereocenters. The van der Waals surface area contributed by atoms with Crippen molar-refractivity contribution >= 4 is 10.9 Å². The van der Waals surface area contributed by atoms with Gasteiger partial charge in [0, 0.05) is 18.1 Å². The van der Waals surface area contributed by atoms with Gasteiger partial charge in [-0.15, -0.1) is 0 Å². The van der Waals surface area contributed by atoms with Crippen LogP contribution in [0.15, 0.2) is 36.5 Å². The second-order valence-corrected chi connectivity index (χ2v) is 5.62. The van der Waals surface area contributed by atoms with E-state index in [0.717, 1.165) is 44.0 Å². The first-order valence-electron chi connectivity index (χ1n) is 7.51. The first-order chi connectivity index (χ1) is 9.77. The van der Waals surface area contributed by atoms with Crippen molar-refractivity contribution in [2.75, 3.05) is 19.6 Å². The van der Waals surface area contributed by atoms with Gasteiger partial charge < -0.3 is 10.6 Å². The zero-order valence-electron chi connectivity index (χ0n) is 12.5. The normalized spacial score (nSPS) is 11.3. The minimum atomic E-state index is 0.728. The van der Waals surface area contributed by atoms with Crippen LogP contribution in [0.5, 0.6) is 0 Å². The minimum absolute atomic E-state index is 0.728. The third-order valence-electron chi connectivity index (χ3n) is 3.31. The Labute approximate surface area is 121 Å². The monoisotopic (exact) mass is 271 g/mol. The van der Waals surface area contributed by atoms with Crippen LogP contribution in [0.3, 0.4) is 0 Å². The van der Waals surface area contributed by atoms with Crippen LogP contribution in [0.1, 0.15) is 25.8 Å². The summed E-state index contributed by atoms with van der Waals surface area (Å²) < 4.78 is 0. The van der Waals surface area contributed by atoms with Crippen molar-refractivity contribution in [1.82, 2.24) is 15.6 Å². The Morgan fingerprint density at radius 3 is 2.75 bits per heavy atom. The van der Waals surface area contributed by atoms with Crippen LogP contribution in [0.4, 0.5) is 0 Å².